The van der Waals surface area contributed by atoms with Crippen LogP contribution in [0.4, 0.5) is 0 Å². The van der Waals surface area contributed by atoms with Gasteiger partial charge in [-0.2, -0.15) is 0 Å². The number of aromatic nitrogens is 4. The second-order valence-corrected chi connectivity index (χ2v) is 7.47. The molecule has 0 saturated heterocycles. The first-order valence-corrected chi connectivity index (χ1v) is 10.3. The minimum absolute atomic E-state index is 0.0895. The third-order valence-corrected chi connectivity index (χ3v) is 5.13. The zero-order valence-corrected chi connectivity index (χ0v) is 18.2. The van der Waals surface area contributed by atoms with Crippen LogP contribution in [-0.4, -0.2) is 46.1 Å². The predicted octanol–water partition coefficient (Wildman–Crippen LogP) is 3.54. The summed E-state index contributed by atoms with van der Waals surface area (Å²) in [5.41, 5.74) is 1.41. The van der Waals surface area contributed by atoms with E-state index in [4.69, 9.17) is 14.2 Å². The Morgan fingerprint density at radius 3 is 2.58 bits per heavy atom. The van der Waals surface area contributed by atoms with Gasteiger partial charge in [-0.25, -0.2) is 0 Å². The van der Waals surface area contributed by atoms with Crippen LogP contribution in [0.25, 0.3) is 28.1 Å². The maximum absolute atomic E-state index is 13.2. The second-order valence-electron chi connectivity index (χ2n) is 7.47. The fourth-order valence-electron chi connectivity index (χ4n) is 3.66. The van der Waals surface area contributed by atoms with E-state index in [-0.39, 0.29) is 11.7 Å². The van der Waals surface area contributed by atoms with Crippen LogP contribution in [-0.2, 0) is 11.3 Å². The number of aryl methyl sites for hydroxylation is 1. The van der Waals surface area contributed by atoms with Gasteiger partial charge in [-0.3, -0.25) is 13.8 Å². The number of benzene rings is 2. The molecule has 31 heavy (non-hydrogen) atoms. The fraction of sp³-hybridized carbons (Fsp3) is 0.348. The van der Waals surface area contributed by atoms with E-state index in [2.05, 4.69) is 10.2 Å². The lowest BCUT2D eigenvalue weighted by molar-refractivity contribution is 0.0748. The van der Waals surface area contributed by atoms with Gasteiger partial charge in [0, 0.05) is 19.2 Å². The molecule has 8 nitrogen and oxygen atoms in total. The molecule has 162 valence electrons. The highest BCUT2D eigenvalue weighted by molar-refractivity contribution is 5.83. The molecule has 0 saturated carbocycles. The average Bonchev–Trinajstić information content (AvgIpc) is 3.22. The smallest absolute Gasteiger partial charge is 0.262 e. The molecular weight excluding hydrogens is 396 g/mol. The molecule has 0 amide bonds. The van der Waals surface area contributed by atoms with E-state index in [0.717, 1.165) is 11.1 Å². The largest absolute Gasteiger partial charge is 0.497 e. The van der Waals surface area contributed by atoms with Gasteiger partial charge in [0.1, 0.15) is 11.5 Å². The summed E-state index contributed by atoms with van der Waals surface area (Å²) in [5.74, 6) is 2.38. The first-order chi connectivity index (χ1) is 15.0. The van der Waals surface area contributed by atoms with Gasteiger partial charge >= 0.3 is 0 Å². The van der Waals surface area contributed by atoms with Crippen molar-refractivity contribution in [1.29, 1.82) is 0 Å². The number of hydrogen-bond donors (Lipinski definition) is 0. The monoisotopic (exact) mass is 422 g/mol. The highest BCUT2D eigenvalue weighted by atomic mass is 16.5. The van der Waals surface area contributed by atoms with E-state index >= 15 is 0 Å². The van der Waals surface area contributed by atoms with E-state index in [9.17, 15) is 4.79 Å². The minimum atomic E-state index is -0.0895. The molecule has 4 aromatic rings. The molecule has 0 atom stereocenters. The molecular formula is C23H26N4O4. The van der Waals surface area contributed by atoms with Crippen molar-refractivity contribution in [2.45, 2.75) is 32.9 Å². The van der Waals surface area contributed by atoms with E-state index in [1.165, 1.54) is 0 Å². The van der Waals surface area contributed by atoms with E-state index in [0.29, 0.717) is 48.1 Å². The van der Waals surface area contributed by atoms with Crippen molar-refractivity contribution >= 4 is 16.7 Å². The van der Waals surface area contributed by atoms with Gasteiger partial charge < -0.3 is 14.2 Å². The Morgan fingerprint density at radius 1 is 1.03 bits per heavy atom. The molecule has 0 aliphatic rings. The van der Waals surface area contributed by atoms with Crippen LogP contribution in [0.1, 0.15) is 20.3 Å². The quantitative estimate of drug-likeness (QED) is 0.404. The first kappa shape index (κ1) is 20.9. The van der Waals surface area contributed by atoms with Crippen molar-refractivity contribution in [3.05, 3.63) is 52.8 Å². The van der Waals surface area contributed by atoms with Crippen LogP contribution in [0, 0.1) is 0 Å². The summed E-state index contributed by atoms with van der Waals surface area (Å²) in [7, 11) is 3.21. The molecule has 0 bridgehead atoms. The van der Waals surface area contributed by atoms with Crippen molar-refractivity contribution in [3.8, 4) is 22.9 Å². The zero-order chi connectivity index (χ0) is 22.0. The summed E-state index contributed by atoms with van der Waals surface area (Å²) in [5, 5.41) is 9.43. The molecule has 4 rings (SSSR count). The number of hydrogen-bond acceptors (Lipinski definition) is 6. The number of para-hydroxylation sites is 1. The van der Waals surface area contributed by atoms with E-state index < -0.39 is 0 Å². The van der Waals surface area contributed by atoms with Gasteiger partial charge in [0.05, 0.1) is 36.8 Å². The standard InChI is InChI=1S/C23H26N4O4/c1-15(2)31-13-7-12-26-22(28)17-8-5-6-9-19(17)27-21(24-25-23(26)27)18-11-10-16(29-3)14-20(18)30-4/h5-6,8-11,14-15H,7,12-13H2,1-4H3. The number of rotatable bonds is 8. The van der Waals surface area contributed by atoms with Crippen molar-refractivity contribution in [2.24, 2.45) is 0 Å². The Balaban J connectivity index is 1.91. The van der Waals surface area contributed by atoms with Crippen LogP contribution >= 0.6 is 0 Å². The lowest BCUT2D eigenvalue weighted by atomic mass is 10.1. The zero-order valence-electron chi connectivity index (χ0n) is 18.2. The van der Waals surface area contributed by atoms with Crippen LogP contribution < -0.4 is 15.0 Å². The second kappa shape index (κ2) is 8.77. The summed E-state index contributed by atoms with van der Waals surface area (Å²) in [6.07, 6.45) is 0.843. The fourth-order valence-corrected chi connectivity index (χ4v) is 3.66. The molecule has 0 aliphatic heterocycles. The lowest BCUT2D eigenvalue weighted by Gasteiger charge is -2.13. The summed E-state index contributed by atoms with van der Waals surface area (Å²) >= 11 is 0. The molecule has 8 heteroatoms. The highest BCUT2D eigenvalue weighted by Crippen LogP contribution is 2.33. The van der Waals surface area contributed by atoms with Crippen LogP contribution in [0.2, 0.25) is 0 Å². The molecule has 2 aromatic carbocycles. The normalized spacial score (nSPS) is 11.5. The number of methoxy groups -OCH3 is 2. The predicted molar refractivity (Wildman–Crippen MR) is 119 cm³/mol. The summed E-state index contributed by atoms with van der Waals surface area (Å²) < 4.78 is 20.1. The lowest BCUT2D eigenvalue weighted by Crippen LogP contribution is -2.24. The number of nitrogens with zero attached hydrogens (tertiary/aromatic N) is 4. The maximum Gasteiger partial charge on any atom is 0.262 e. The van der Waals surface area contributed by atoms with Crippen LogP contribution in [0.3, 0.4) is 0 Å². The van der Waals surface area contributed by atoms with Crippen molar-refractivity contribution < 1.29 is 14.2 Å². The van der Waals surface area contributed by atoms with Crippen LogP contribution in [0.5, 0.6) is 11.5 Å². The summed E-state index contributed by atoms with van der Waals surface area (Å²) in [4.78, 5) is 13.2. The number of fused-ring (bicyclic) bond motifs is 3. The maximum atomic E-state index is 13.2. The Hall–Kier alpha value is -3.39. The number of ether oxygens (including phenoxy) is 3. The van der Waals surface area contributed by atoms with Crippen LogP contribution in [0.15, 0.2) is 47.3 Å². The Bertz CT molecular complexity index is 1280. The third-order valence-electron chi connectivity index (χ3n) is 5.13. The van der Waals surface area contributed by atoms with E-state index in [1.54, 1.807) is 24.9 Å². The molecule has 0 spiro atoms. The van der Waals surface area contributed by atoms with Crippen molar-refractivity contribution in [2.75, 3.05) is 20.8 Å². The third kappa shape index (κ3) is 3.86. The van der Waals surface area contributed by atoms with Gasteiger partial charge in [0.2, 0.25) is 5.78 Å². The molecule has 0 radical (unpaired) electrons. The van der Waals surface area contributed by atoms with Gasteiger partial charge in [-0.05, 0) is 44.5 Å². The highest BCUT2D eigenvalue weighted by Gasteiger charge is 2.20. The Labute approximate surface area is 180 Å². The average molecular weight is 422 g/mol. The van der Waals surface area contributed by atoms with Gasteiger partial charge in [-0.15, -0.1) is 10.2 Å². The Morgan fingerprint density at radius 2 is 1.84 bits per heavy atom. The van der Waals surface area contributed by atoms with Gasteiger partial charge in [-0.1, -0.05) is 12.1 Å². The molecule has 2 aromatic heterocycles. The molecule has 0 N–H and O–H groups in total. The molecule has 0 aliphatic carbocycles. The summed E-state index contributed by atoms with van der Waals surface area (Å²) in [6, 6.07) is 13.0. The molecule has 0 unspecified atom stereocenters. The topological polar surface area (TPSA) is 79.9 Å². The van der Waals surface area contributed by atoms with Gasteiger partial charge in [0.15, 0.2) is 5.82 Å². The molecule has 0 fully saturated rings. The SMILES string of the molecule is COc1ccc(-c2nnc3n(CCCOC(C)C)c(=O)c4ccccc4n23)c(OC)c1. The molecule has 2 heterocycles. The van der Waals surface area contributed by atoms with Gasteiger partial charge in [0.25, 0.3) is 5.56 Å². The van der Waals surface area contributed by atoms with Crippen molar-refractivity contribution in [3.63, 3.8) is 0 Å². The van der Waals surface area contributed by atoms with E-state index in [1.807, 2.05) is 54.6 Å². The summed E-state index contributed by atoms with van der Waals surface area (Å²) in [6.45, 7) is 5.04. The van der Waals surface area contributed by atoms with Crippen molar-refractivity contribution in [1.82, 2.24) is 19.2 Å². The minimum Gasteiger partial charge on any atom is -0.497 e. The first-order valence-electron chi connectivity index (χ1n) is 10.3. The Kier molecular flexibility index (Phi) is 5.90.